The fourth-order valence-corrected chi connectivity index (χ4v) is 2.82. The number of rotatable bonds is 8. The summed E-state index contributed by atoms with van der Waals surface area (Å²) in [6, 6.07) is 18.3. The lowest BCUT2D eigenvalue weighted by Crippen LogP contribution is -2.38. The van der Waals surface area contributed by atoms with Crippen LogP contribution in [0.1, 0.15) is 18.3 Å². The highest BCUT2D eigenvalue weighted by Crippen LogP contribution is 2.16. The SMILES string of the molecule is CCNC(=NCc1ncc(-c2ccccc2)[nH]1)NCCc1ccc(OC)cc1.I. The highest BCUT2D eigenvalue weighted by Gasteiger charge is 2.04. The van der Waals surface area contributed by atoms with Gasteiger partial charge in [-0.25, -0.2) is 9.98 Å². The van der Waals surface area contributed by atoms with Crippen molar-refractivity contribution >= 4 is 29.9 Å². The standard InChI is InChI=1S/C22H27N5O.HI/c1-3-23-22(24-14-13-17-9-11-19(28-2)12-10-17)26-16-21-25-15-20(27-21)18-7-5-4-6-8-18;/h4-12,15H,3,13-14,16H2,1-2H3,(H,25,27)(H2,23,24,26);1H. The molecule has 6 nitrogen and oxygen atoms in total. The van der Waals surface area contributed by atoms with E-state index in [9.17, 15) is 0 Å². The first-order valence-corrected chi connectivity index (χ1v) is 9.53. The maximum atomic E-state index is 5.19. The van der Waals surface area contributed by atoms with Crippen LogP contribution in [0.5, 0.6) is 5.75 Å². The van der Waals surface area contributed by atoms with Gasteiger partial charge in [0.15, 0.2) is 5.96 Å². The van der Waals surface area contributed by atoms with Crippen molar-refractivity contribution in [1.82, 2.24) is 20.6 Å². The minimum absolute atomic E-state index is 0. The first-order valence-electron chi connectivity index (χ1n) is 9.53. The van der Waals surface area contributed by atoms with Gasteiger partial charge in [-0.05, 0) is 36.6 Å². The van der Waals surface area contributed by atoms with E-state index in [1.54, 1.807) is 7.11 Å². The predicted octanol–water partition coefficient (Wildman–Crippen LogP) is 4.00. The van der Waals surface area contributed by atoms with Crippen LogP contribution in [0.4, 0.5) is 0 Å². The molecule has 0 bridgehead atoms. The van der Waals surface area contributed by atoms with Crippen molar-refractivity contribution in [2.45, 2.75) is 19.9 Å². The van der Waals surface area contributed by atoms with Crippen molar-refractivity contribution in [2.75, 3.05) is 20.2 Å². The van der Waals surface area contributed by atoms with Gasteiger partial charge in [-0.3, -0.25) is 0 Å². The monoisotopic (exact) mass is 505 g/mol. The van der Waals surface area contributed by atoms with E-state index >= 15 is 0 Å². The van der Waals surface area contributed by atoms with Crippen molar-refractivity contribution in [3.8, 4) is 17.0 Å². The number of nitrogens with zero attached hydrogens (tertiary/aromatic N) is 2. The molecule has 29 heavy (non-hydrogen) atoms. The summed E-state index contributed by atoms with van der Waals surface area (Å²) in [5.74, 6) is 2.50. The Morgan fingerprint density at radius 3 is 2.52 bits per heavy atom. The van der Waals surface area contributed by atoms with E-state index in [4.69, 9.17) is 4.74 Å². The molecular formula is C22H28IN5O. The van der Waals surface area contributed by atoms with E-state index < -0.39 is 0 Å². The van der Waals surface area contributed by atoms with Crippen LogP contribution in [0.3, 0.4) is 0 Å². The van der Waals surface area contributed by atoms with Gasteiger partial charge in [-0.2, -0.15) is 0 Å². The Balaban J connectivity index is 0.00000300. The summed E-state index contributed by atoms with van der Waals surface area (Å²) in [4.78, 5) is 12.4. The molecule has 0 saturated heterocycles. The van der Waals surface area contributed by atoms with Crippen LogP contribution in [-0.4, -0.2) is 36.1 Å². The van der Waals surface area contributed by atoms with Crippen LogP contribution in [0.15, 0.2) is 65.8 Å². The summed E-state index contributed by atoms with van der Waals surface area (Å²) >= 11 is 0. The minimum atomic E-state index is 0. The molecule has 0 unspecified atom stereocenters. The lowest BCUT2D eigenvalue weighted by Gasteiger charge is -2.11. The Hall–Kier alpha value is -2.55. The van der Waals surface area contributed by atoms with Crippen LogP contribution in [0.25, 0.3) is 11.3 Å². The molecule has 1 heterocycles. The highest BCUT2D eigenvalue weighted by molar-refractivity contribution is 14.0. The van der Waals surface area contributed by atoms with Crippen LogP contribution in [0, 0.1) is 0 Å². The quantitative estimate of drug-likeness (QED) is 0.246. The smallest absolute Gasteiger partial charge is 0.191 e. The average Bonchev–Trinajstić information content (AvgIpc) is 3.22. The second-order valence-corrected chi connectivity index (χ2v) is 6.33. The van der Waals surface area contributed by atoms with Gasteiger partial charge in [0, 0.05) is 13.1 Å². The van der Waals surface area contributed by atoms with Crippen LogP contribution in [-0.2, 0) is 13.0 Å². The number of imidazole rings is 1. The number of guanidine groups is 1. The van der Waals surface area contributed by atoms with Gasteiger partial charge in [-0.15, -0.1) is 24.0 Å². The fourth-order valence-electron chi connectivity index (χ4n) is 2.82. The molecule has 2 aromatic carbocycles. The van der Waals surface area contributed by atoms with Crippen molar-refractivity contribution in [3.05, 3.63) is 72.2 Å². The number of ether oxygens (including phenoxy) is 1. The molecule has 0 aliphatic carbocycles. The van der Waals surface area contributed by atoms with E-state index in [1.807, 2.05) is 36.5 Å². The van der Waals surface area contributed by atoms with Crippen molar-refractivity contribution < 1.29 is 4.74 Å². The number of benzene rings is 2. The molecule has 0 aliphatic rings. The molecule has 3 aromatic rings. The van der Waals surface area contributed by atoms with E-state index in [0.29, 0.717) is 6.54 Å². The number of hydrogen-bond donors (Lipinski definition) is 3. The van der Waals surface area contributed by atoms with E-state index in [2.05, 4.69) is 56.8 Å². The van der Waals surface area contributed by atoms with E-state index in [0.717, 1.165) is 48.3 Å². The Labute approximate surface area is 189 Å². The van der Waals surface area contributed by atoms with Gasteiger partial charge in [0.05, 0.1) is 19.0 Å². The van der Waals surface area contributed by atoms with Gasteiger partial charge in [0.2, 0.25) is 0 Å². The molecule has 3 N–H and O–H groups in total. The molecule has 0 spiro atoms. The highest BCUT2D eigenvalue weighted by atomic mass is 127. The van der Waals surface area contributed by atoms with Crippen LogP contribution in [0.2, 0.25) is 0 Å². The minimum Gasteiger partial charge on any atom is -0.497 e. The normalized spacial score (nSPS) is 10.9. The number of nitrogens with one attached hydrogen (secondary N) is 3. The Morgan fingerprint density at radius 2 is 1.83 bits per heavy atom. The third kappa shape index (κ3) is 7.08. The van der Waals surface area contributed by atoms with Gasteiger partial charge in [0.1, 0.15) is 18.1 Å². The second-order valence-electron chi connectivity index (χ2n) is 6.33. The number of methoxy groups -OCH3 is 1. The van der Waals surface area contributed by atoms with Crippen LogP contribution >= 0.6 is 24.0 Å². The summed E-state index contributed by atoms with van der Waals surface area (Å²) in [6.07, 6.45) is 2.76. The van der Waals surface area contributed by atoms with Crippen molar-refractivity contribution in [2.24, 2.45) is 4.99 Å². The lowest BCUT2D eigenvalue weighted by molar-refractivity contribution is 0.414. The number of halogens is 1. The number of aromatic amines is 1. The summed E-state index contributed by atoms with van der Waals surface area (Å²) < 4.78 is 5.19. The summed E-state index contributed by atoms with van der Waals surface area (Å²) in [5.41, 5.74) is 3.38. The molecule has 1 aromatic heterocycles. The Bertz CT molecular complexity index is 878. The zero-order chi connectivity index (χ0) is 19.6. The summed E-state index contributed by atoms with van der Waals surface area (Å²) in [6.45, 7) is 4.15. The molecule has 0 aliphatic heterocycles. The molecule has 0 atom stereocenters. The lowest BCUT2D eigenvalue weighted by atomic mass is 10.1. The molecule has 7 heteroatoms. The first-order chi connectivity index (χ1) is 13.8. The predicted molar refractivity (Wildman–Crippen MR) is 129 cm³/mol. The molecule has 3 rings (SSSR count). The maximum absolute atomic E-state index is 5.19. The molecule has 0 saturated carbocycles. The average molecular weight is 505 g/mol. The molecular weight excluding hydrogens is 477 g/mol. The van der Waals surface area contributed by atoms with Gasteiger partial charge in [-0.1, -0.05) is 42.5 Å². The van der Waals surface area contributed by atoms with Crippen LogP contribution < -0.4 is 15.4 Å². The van der Waals surface area contributed by atoms with Gasteiger partial charge in [0.25, 0.3) is 0 Å². The maximum Gasteiger partial charge on any atom is 0.191 e. The summed E-state index contributed by atoms with van der Waals surface area (Å²) in [5, 5.41) is 6.65. The molecule has 154 valence electrons. The summed E-state index contributed by atoms with van der Waals surface area (Å²) in [7, 11) is 1.68. The number of aliphatic imine (C=N–C) groups is 1. The van der Waals surface area contributed by atoms with Gasteiger partial charge < -0.3 is 20.4 Å². The van der Waals surface area contributed by atoms with Gasteiger partial charge >= 0.3 is 0 Å². The first kappa shape index (κ1) is 22.7. The topological polar surface area (TPSA) is 74.3 Å². The molecule has 0 fully saturated rings. The number of H-pyrrole nitrogens is 1. The third-order valence-electron chi connectivity index (χ3n) is 4.31. The molecule has 0 radical (unpaired) electrons. The second kappa shape index (κ2) is 12.1. The Morgan fingerprint density at radius 1 is 1.07 bits per heavy atom. The number of aromatic nitrogens is 2. The van der Waals surface area contributed by atoms with E-state index in [-0.39, 0.29) is 24.0 Å². The van der Waals surface area contributed by atoms with Crippen molar-refractivity contribution in [1.29, 1.82) is 0 Å². The fraction of sp³-hybridized carbons (Fsp3) is 0.273. The largest absolute Gasteiger partial charge is 0.497 e. The Kier molecular flexibility index (Phi) is 9.49. The third-order valence-corrected chi connectivity index (χ3v) is 4.31. The zero-order valence-electron chi connectivity index (χ0n) is 16.8. The molecule has 0 amide bonds. The van der Waals surface area contributed by atoms with E-state index in [1.165, 1.54) is 5.56 Å². The number of hydrogen-bond acceptors (Lipinski definition) is 3. The zero-order valence-corrected chi connectivity index (χ0v) is 19.1. The van der Waals surface area contributed by atoms with Crippen molar-refractivity contribution in [3.63, 3.8) is 0 Å².